The lowest BCUT2D eigenvalue weighted by atomic mass is 10.8. The third kappa shape index (κ3) is 7.03. The lowest BCUT2D eigenvalue weighted by Gasteiger charge is -1.91. The molecule has 6 nitrogen and oxygen atoms in total. The topological polar surface area (TPSA) is 100 Å². The second kappa shape index (κ2) is 8.08. The third-order valence-electron chi connectivity index (χ3n) is 1.01. The Hall–Kier alpha value is -0.100. The fraction of sp³-hybridized carbons (Fsp3) is 0.333. The summed E-state index contributed by atoms with van der Waals surface area (Å²) in [4.78, 5) is 20.5. The molecule has 0 atom stereocenters. The largest absolute Gasteiger partial charge is 0.481 e. The lowest BCUT2D eigenvalue weighted by molar-refractivity contribution is -0.134. The van der Waals surface area contributed by atoms with Crippen LogP contribution >= 0.6 is 54.5 Å². The van der Waals surface area contributed by atoms with E-state index in [0.29, 0.717) is 8.68 Å². The summed E-state index contributed by atoms with van der Waals surface area (Å²) >= 11 is 1.31. The molecule has 0 radical (unpaired) electrons. The third-order valence-corrected chi connectivity index (χ3v) is 6.93. The number of aromatic nitrogens is 2. The van der Waals surface area contributed by atoms with Crippen LogP contribution in [0.1, 0.15) is 0 Å². The number of nitrogens with zero attached hydrogens (tertiary/aromatic N) is 2. The highest BCUT2D eigenvalue weighted by Crippen LogP contribution is 2.39. The van der Waals surface area contributed by atoms with Crippen molar-refractivity contribution >= 4 is 66.5 Å². The zero-order valence-corrected chi connectivity index (χ0v) is 12.1. The highest BCUT2D eigenvalue weighted by Gasteiger charge is 2.08. The maximum absolute atomic E-state index is 10.3. The van der Waals surface area contributed by atoms with Crippen molar-refractivity contribution in [3.05, 3.63) is 0 Å². The zero-order valence-electron chi connectivity index (χ0n) is 8.06. The summed E-state index contributed by atoms with van der Waals surface area (Å²) in [5.41, 5.74) is 0. The van der Waals surface area contributed by atoms with Crippen LogP contribution in [0.2, 0.25) is 0 Å². The van der Waals surface area contributed by atoms with E-state index in [-0.39, 0.29) is 11.5 Å². The van der Waals surface area contributed by atoms with Crippen LogP contribution in [0.4, 0.5) is 0 Å². The van der Waals surface area contributed by atoms with Crippen molar-refractivity contribution in [3.8, 4) is 0 Å². The van der Waals surface area contributed by atoms with Crippen LogP contribution in [-0.2, 0) is 9.59 Å². The first-order valence-corrected chi connectivity index (χ1v) is 9.39. The van der Waals surface area contributed by atoms with E-state index in [2.05, 4.69) is 10.2 Å². The second-order valence-electron chi connectivity index (χ2n) is 2.31. The van der Waals surface area contributed by atoms with E-state index in [1.165, 1.54) is 54.5 Å². The van der Waals surface area contributed by atoms with E-state index in [4.69, 9.17) is 10.2 Å². The van der Waals surface area contributed by atoms with Gasteiger partial charge in [-0.3, -0.25) is 9.59 Å². The predicted octanol–water partition coefficient (Wildman–Crippen LogP) is 2.19. The minimum Gasteiger partial charge on any atom is -0.481 e. The van der Waals surface area contributed by atoms with Gasteiger partial charge in [-0.2, -0.15) is 0 Å². The minimum absolute atomic E-state index is 0.000483. The molecule has 0 fully saturated rings. The minimum atomic E-state index is -0.876. The molecule has 0 bridgehead atoms. The van der Waals surface area contributed by atoms with Gasteiger partial charge in [0.2, 0.25) is 0 Å². The summed E-state index contributed by atoms with van der Waals surface area (Å²) < 4.78 is 1.32. The van der Waals surface area contributed by atoms with Gasteiger partial charge in [-0.1, -0.05) is 32.9 Å². The molecule has 0 amide bonds. The Morgan fingerprint density at radius 2 is 1.41 bits per heavy atom. The van der Waals surface area contributed by atoms with Crippen molar-refractivity contribution in [1.29, 1.82) is 0 Å². The Labute approximate surface area is 116 Å². The molecular weight excluding hydrogens is 324 g/mol. The molecule has 17 heavy (non-hydrogen) atoms. The first-order valence-electron chi connectivity index (χ1n) is 3.94. The summed E-state index contributed by atoms with van der Waals surface area (Å²) in [5, 5.41) is 24.6. The molecule has 0 aliphatic rings. The molecule has 1 aromatic rings. The number of carboxylic acid groups (broad SMARTS) is 2. The maximum Gasteiger partial charge on any atom is 0.314 e. The molecule has 2 N–H and O–H groups in total. The lowest BCUT2D eigenvalue weighted by Crippen LogP contribution is -1.95. The van der Waals surface area contributed by atoms with Gasteiger partial charge < -0.3 is 10.2 Å². The fourth-order valence-corrected chi connectivity index (χ4v) is 5.65. The molecule has 0 aliphatic heterocycles. The van der Waals surface area contributed by atoms with E-state index in [9.17, 15) is 9.59 Å². The smallest absolute Gasteiger partial charge is 0.314 e. The van der Waals surface area contributed by atoms with Crippen molar-refractivity contribution in [1.82, 2.24) is 10.2 Å². The van der Waals surface area contributed by atoms with Crippen LogP contribution in [0.5, 0.6) is 0 Å². The van der Waals surface area contributed by atoms with Gasteiger partial charge in [0.25, 0.3) is 0 Å². The summed E-state index contributed by atoms with van der Waals surface area (Å²) in [6.45, 7) is 0. The predicted molar refractivity (Wildman–Crippen MR) is 71.8 cm³/mol. The van der Waals surface area contributed by atoms with Crippen LogP contribution in [-0.4, -0.2) is 43.9 Å². The summed E-state index contributed by atoms with van der Waals surface area (Å²) in [6, 6.07) is 0. The molecule has 1 heterocycles. The zero-order chi connectivity index (χ0) is 12.7. The Morgan fingerprint density at radius 1 is 1.00 bits per heavy atom. The molecule has 1 aromatic heterocycles. The fourth-order valence-electron chi connectivity index (χ4n) is 0.525. The number of carbonyl (C=O) groups is 2. The molecule has 0 spiro atoms. The van der Waals surface area contributed by atoms with Gasteiger partial charge in [0.05, 0.1) is 0 Å². The van der Waals surface area contributed by atoms with E-state index in [0.717, 1.165) is 0 Å². The number of carboxylic acids is 2. The average molecular weight is 330 g/mol. The molecule has 0 aromatic carbocycles. The van der Waals surface area contributed by atoms with E-state index >= 15 is 0 Å². The molecule has 1 rings (SSSR count). The average Bonchev–Trinajstić information content (AvgIpc) is 2.65. The molecule has 0 aliphatic carbocycles. The molecule has 11 heteroatoms. The van der Waals surface area contributed by atoms with Crippen LogP contribution in [0, 0.1) is 0 Å². The highest BCUT2D eigenvalue weighted by molar-refractivity contribution is 8.78. The standard InChI is InChI=1S/C6H6N2O4S5/c9-3(10)1-13-16-5-7-8-6(15-5)17-14-2-4(11)12/h1-2H2,(H,9,10)(H,11,12). The van der Waals surface area contributed by atoms with Gasteiger partial charge >= 0.3 is 11.9 Å². The Balaban J connectivity index is 2.27. The first-order chi connectivity index (χ1) is 8.08. The highest BCUT2D eigenvalue weighted by atomic mass is 33.1. The van der Waals surface area contributed by atoms with Crippen molar-refractivity contribution in [2.75, 3.05) is 11.5 Å². The molecule has 0 unspecified atom stereocenters. The van der Waals surface area contributed by atoms with Crippen LogP contribution < -0.4 is 0 Å². The summed E-state index contributed by atoms with van der Waals surface area (Å²) in [5.74, 6) is -1.75. The van der Waals surface area contributed by atoms with Crippen LogP contribution in [0.25, 0.3) is 0 Å². The van der Waals surface area contributed by atoms with Gasteiger partial charge in [0.15, 0.2) is 8.68 Å². The van der Waals surface area contributed by atoms with Crippen molar-refractivity contribution in [2.45, 2.75) is 8.68 Å². The first kappa shape index (κ1) is 15.0. The summed E-state index contributed by atoms with van der Waals surface area (Å²) in [6.07, 6.45) is 0. The molecule has 0 saturated heterocycles. The number of rotatable bonds is 8. The van der Waals surface area contributed by atoms with Gasteiger partial charge in [-0.05, 0) is 21.6 Å². The van der Waals surface area contributed by atoms with E-state index < -0.39 is 11.9 Å². The number of hydrogen-bond donors (Lipinski definition) is 2. The van der Waals surface area contributed by atoms with Crippen molar-refractivity contribution in [3.63, 3.8) is 0 Å². The maximum atomic E-state index is 10.3. The van der Waals surface area contributed by atoms with E-state index in [1.807, 2.05) is 0 Å². The number of hydrogen-bond acceptors (Lipinski definition) is 9. The molecule has 0 saturated carbocycles. The Morgan fingerprint density at radius 3 is 1.76 bits per heavy atom. The van der Waals surface area contributed by atoms with Crippen LogP contribution in [0.3, 0.4) is 0 Å². The Kier molecular flexibility index (Phi) is 7.11. The number of aliphatic carboxylic acids is 2. The SMILES string of the molecule is O=C(O)CSSc1nnc(SSCC(=O)O)s1. The van der Waals surface area contributed by atoms with E-state index in [1.54, 1.807) is 0 Å². The van der Waals surface area contributed by atoms with Crippen LogP contribution in [0.15, 0.2) is 8.68 Å². The van der Waals surface area contributed by atoms with Gasteiger partial charge in [0, 0.05) is 0 Å². The molecule has 94 valence electrons. The van der Waals surface area contributed by atoms with Gasteiger partial charge in [0.1, 0.15) is 11.5 Å². The van der Waals surface area contributed by atoms with Crippen molar-refractivity contribution in [2.24, 2.45) is 0 Å². The summed E-state index contributed by atoms with van der Waals surface area (Å²) in [7, 11) is 4.85. The quantitative estimate of drug-likeness (QED) is 0.690. The molecular formula is C6H6N2O4S5. The Bertz CT molecular complexity index is 363. The second-order valence-corrected chi connectivity index (χ2v) is 8.38. The van der Waals surface area contributed by atoms with Gasteiger partial charge in [-0.25, -0.2) is 0 Å². The van der Waals surface area contributed by atoms with Gasteiger partial charge in [-0.15, -0.1) is 10.2 Å². The van der Waals surface area contributed by atoms with Crippen molar-refractivity contribution < 1.29 is 19.8 Å². The monoisotopic (exact) mass is 330 g/mol. The normalized spacial score (nSPS) is 10.4.